The lowest BCUT2D eigenvalue weighted by atomic mass is 10.3. The largest absolute Gasteiger partial charge is 0.461 e. The van der Waals surface area contributed by atoms with Crippen LogP contribution in [0, 0.1) is 0 Å². The summed E-state index contributed by atoms with van der Waals surface area (Å²) in [4.78, 5) is 11.4. The molecular formula is C9H14N2O3. The highest BCUT2D eigenvalue weighted by molar-refractivity contribution is 5.93. The van der Waals surface area contributed by atoms with E-state index in [-0.39, 0.29) is 6.61 Å². The molecule has 3 N–H and O–H groups in total. The van der Waals surface area contributed by atoms with E-state index in [2.05, 4.69) is 0 Å². The molecule has 0 radical (unpaired) electrons. The van der Waals surface area contributed by atoms with Crippen molar-refractivity contribution in [2.24, 2.45) is 0 Å². The molecule has 5 nitrogen and oxygen atoms in total. The summed E-state index contributed by atoms with van der Waals surface area (Å²) < 4.78 is 6.41. The van der Waals surface area contributed by atoms with Gasteiger partial charge in [-0.3, -0.25) is 0 Å². The normalized spacial score (nSPS) is 10.1. The second kappa shape index (κ2) is 4.66. The van der Waals surface area contributed by atoms with Crippen LogP contribution in [0.3, 0.4) is 0 Å². The molecule has 0 aliphatic rings. The van der Waals surface area contributed by atoms with Crippen molar-refractivity contribution in [1.29, 1.82) is 0 Å². The molecule has 1 heterocycles. The molecule has 0 aliphatic carbocycles. The molecule has 0 aromatic carbocycles. The number of aliphatic hydroxyl groups excluding tert-OH is 1. The Bertz CT molecular complexity index is 320. The first-order valence-electron chi connectivity index (χ1n) is 4.43. The lowest BCUT2D eigenvalue weighted by Crippen LogP contribution is -2.15. The van der Waals surface area contributed by atoms with Gasteiger partial charge in [-0.25, -0.2) is 4.79 Å². The van der Waals surface area contributed by atoms with E-state index < -0.39 is 5.97 Å². The first-order valence-corrected chi connectivity index (χ1v) is 4.43. The summed E-state index contributed by atoms with van der Waals surface area (Å²) in [6.07, 6.45) is 1.65. The number of carbonyl (C=O) groups excluding carboxylic acids is 1. The van der Waals surface area contributed by atoms with Crippen molar-refractivity contribution in [2.45, 2.75) is 13.5 Å². The Hall–Kier alpha value is -1.49. The molecule has 0 atom stereocenters. The minimum Gasteiger partial charge on any atom is -0.461 e. The van der Waals surface area contributed by atoms with Crippen LogP contribution < -0.4 is 5.73 Å². The number of aromatic nitrogens is 1. The fourth-order valence-electron chi connectivity index (χ4n) is 1.22. The van der Waals surface area contributed by atoms with Crippen molar-refractivity contribution in [2.75, 3.05) is 18.9 Å². The van der Waals surface area contributed by atoms with Gasteiger partial charge in [-0.15, -0.1) is 0 Å². The van der Waals surface area contributed by atoms with Gasteiger partial charge >= 0.3 is 5.97 Å². The van der Waals surface area contributed by atoms with Crippen LogP contribution in [0.4, 0.5) is 5.69 Å². The molecule has 0 amide bonds. The molecule has 1 aromatic heterocycles. The van der Waals surface area contributed by atoms with Crippen molar-refractivity contribution in [3.05, 3.63) is 18.0 Å². The fraction of sp³-hybridized carbons (Fsp3) is 0.444. The molecule has 0 spiro atoms. The van der Waals surface area contributed by atoms with Crippen LogP contribution in [-0.4, -0.2) is 28.9 Å². The summed E-state index contributed by atoms with van der Waals surface area (Å²) in [6.45, 7) is 2.34. The van der Waals surface area contributed by atoms with Gasteiger partial charge in [-0.05, 0) is 13.0 Å². The molecule has 5 heteroatoms. The van der Waals surface area contributed by atoms with Gasteiger partial charge in [0, 0.05) is 12.7 Å². The summed E-state index contributed by atoms with van der Waals surface area (Å²) >= 11 is 0. The molecule has 78 valence electrons. The van der Waals surface area contributed by atoms with E-state index in [1.807, 2.05) is 0 Å². The minimum absolute atomic E-state index is 0.0411. The lowest BCUT2D eigenvalue weighted by molar-refractivity contribution is 0.0514. The Labute approximate surface area is 82.1 Å². The first kappa shape index (κ1) is 10.6. The number of ether oxygens (including phenoxy) is 1. The average Bonchev–Trinajstić information content (AvgIpc) is 2.48. The van der Waals surface area contributed by atoms with E-state index in [9.17, 15) is 4.79 Å². The Morgan fingerprint density at radius 1 is 1.71 bits per heavy atom. The lowest BCUT2D eigenvalue weighted by Gasteiger charge is -2.07. The first-order chi connectivity index (χ1) is 6.70. The molecule has 14 heavy (non-hydrogen) atoms. The maximum absolute atomic E-state index is 11.4. The molecule has 0 fully saturated rings. The van der Waals surface area contributed by atoms with Gasteiger partial charge in [0.05, 0.1) is 18.9 Å². The van der Waals surface area contributed by atoms with E-state index >= 15 is 0 Å². The Morgan fingerprint density at radius 3 is 3.00 bits per heavy atom. The van der Waals surface area contributed by atoms with Gasteiger partial charge in [0.2, 0.25) is 0 Å². The van der Waals surface area contributed by atoms with Gasteiger partial charge in [0.25, 0.3) is 0 Å². The number of rotatable bonds is 4. The van der Waals surface area contributed by atoms with Crippen LogP contribution in [0.25, 0.3) is 0 Å². The molecule has 0 saturated carbocycles. The van der Waals surface area contributed by atoms with Crippen LogP contribution in [-0.2, 0) is 11.3 Å². The number of aliphatic hydroxyl groups is 1. The van der Waals surface area contributed by atoms with Crippen molar-refractivity contribution < 1.29 is 14.6 Å². The SMILES string of the molecule is CCOC(=O)c1c(N)ccn1CCO. The smallest absolute Gasteiger partial charge is 0.357 e. The summed E-state index contributed by atoms with van der Waals surface area (Å²) in [5.41, 5.74) is 6.28. The molecule has 1 rings (SSSR count). The zero-order valence-electron chi connectivity index (χ0n) is 8.06. The molecule has 1 aromatic rings. The second-order valence-corrected chi connectivity index (χ2v) is 2.76. The summed E-state index contributed by atoms with van der Waals surface area (Å²) in [7, 11) is 0. The van der Waals surface area contributed by atoms with Gasteiger partial charge in [0.1, 0.15) is 0 Å². The van der Waals surface area contributed by atoms with E-state index in [4.69, 9.17) is 15.6 Å². The number of hydrogen-bond acceptors (Lipinski definition) is 4. The van der Waals surface area contributed by atoms with Gasteiger partial charge in [-0.2, -0.15) is 0 Å². The van der Waals surface area contributed by atoms with Gasteiger partial charge in [-0.1, -0.05) is 0 Å². The quantitative estimate of drug-likeness (QED) is 0.679. The third-order valence-corrected chi connectivity index (χ3v) is 1.80. The Morgan fingerprint density at radius 2 is 2.43 bits per heavy atom. The second-order valence-electron chi connectivity index (χ2n) is 2.76. The van der Waals surface area contributed by atoms with Crippen LogP contribution in [0.5, 0.6) is 0 Å². The van der Waals surface area contributed by atoms with Crippen LogP contribution in [0.2, 0.25) is 0 Å². The number of esters is 1. The van der Waals surface area contributed by atoms with Gasteiger partial charge < -0.3 is 20.1 Å². The number of hydrogen-bond donors (Lipinski definition) is 2. The zero-order valence-corrected chi connectivity index (χ0v) is 8.06. The Kier molecular flexibility index (Phi) is 3.53. The van der Waals surface area contributed by atoms with E-state index in [0.717, 1.165) is 0 Å². The highest BCUT2D eigenvalue weighted by Gasteiger charge is 2.15. The zero-order chi connectivity index (χ0) is 10.6. The van der Waals surface area contributed by atoms with Crippen molar-refractivity contribution in [3.63, 3.8) is 0 Å². The number of nitrogen functional groups attached to an aromatic ring is 1. The van der Waals surface area contributed by atoms with E-state index in [0.29, 0.717) is 24.5 Å². The standard InChI is InChI=1S/C9H14N2O3/c1-2-14-9(13)8-7(10)3-4-11(8)5-6-12/h3-4,12H,2,5-6,10H2,1H3. The molecule has 0 unspecified atom stereocenters. The third kappa shape index (κ3) is 2.05. The highest BCUT2D eigenvalue weighted by atomic mass is 16.5. The maximum atomic E-state index is 11.4. The Balaban J connectivity index is 2.92. The van der Waals surface area contributed by atoms with Gasteiger partial charge in [0.15, 0.2) is 5.69 Å². The average molecular weight is 198 g/mol. The molecule has 0 bridgehead atoms. The minimum atomic E-state index is -0.455. The monoisotopic (exact) mass is 198 g/mol. The molecular weight excluding hydrogens is 184 g/mol. The highest BCUT2D eigenvalue weighted by Crippen LogP contribution is 2.14. The summed E-state index contributed by atoms with van der Waals surface area (Å²) in [6, 6.07) is 1.61. The van der Waals surface area contributed by atoms with Crippen LogP contribution in [0.15, 0.2) is 12.3 Å². The summed E-state index contributed by atoms with van der Waals surface area (Å²) in [5, 5.41) is 8.75. The van der Waals surface area contributed by atoms with Crippen LogP contribution >= 0.6 is 0 Å². The van der Waals surface area contributed by atoms with E-state index in [1.54, 1.807) is 23.8 Å². The van der Waals surface area contributed by atoms with Crippen molar-refractivity contribution in [1.82, 2.24) is 4.57 Å². The number of nitrogens with two attached hydrogens (primary N) is 1. The predicted molar refractivity (Wildman–Crippen MR) is 51.9 cm³/mol. The number of anilines is 1. The molecule has 0 saturated heterocycles. The number of nitrogens with zero attached hydrogens (tertiary/aromatic N) is 1. The van der Waals surface area contributed by atoms with Crippen LogP contribution in [0.1, 0.15) is 17.4 Å². The van der Waals surface area contributed by atoms with Crippen molar-refractivity contribution in [3.8, 4) is 0 Å². The predicted octanol–water partition coefficient (Wildman–Crippen LogP) is 0.239. The third-order valence-electron chi connectivity index (χ3n) is 1.80. The summed E-state index contributed by atoms with van der Waals surface area (Å²) in [5.74, 6) is -0.455. The fourth-order valence-corrected chi connectivity index (χ4v) is 1.22. The van der Waals surface area contributed by atoms with Crippen molar-refractivity contribution >= 4 is 11.7 Å². The molecule has 0 aliphatic heterocycles. The van der Waals surface area contributed by atoms with E-state index in [1.165, 1.54) is 0 Å². The topological polar surface area (TPSA) is 77.5 Å². The number of carbonyl (C=O) groups is 1. The maximum Gasteiger partial charge on any atom is 0.357 e.